The zero-order chi connectivity index (χ0) is 24.3. The van der Waals surface area contributed by atoms with E-state index in [1.54, 1.807) is 13.8 Å². The lowest BCUT2D eigenvalue weighted by Gasteiger charge is -2.37. The van der Waals surface area contributed by atoms with Gasteiger partial charge in [0.25, 0.3) is 0 Å². The average molecular weight is 465 g/mol. The van der Waals surface area contributed by atoms with Gasteiger partial charge in [0.1, 0.15) is 18.2 Å². The summed E-state index contributed by atoms with van der Waals surface area (Å²) in [6.45, 7) is 3.64. The van der Waals surface area contributed by atoms with Crippen molar-refractivity contribution in [2.45, 2.75) is 63.5 Å². The second kappa shape index (κ2) is 9.87. The number of aliphatic carboxylic acids is 1. The molecular weight excluding hydrogens is 432 g/mol. The van der Waals surface area contributed by atoms with Gasteiger partial charge >= 0.3 is 12.1 Å². The van der Waals surface area contributed by atoms with Crippen LogP contribution in [0.1, 0.15) is 63.0 Å². The first-order chi connectivity index (χ1) is 16.3. The first-order valence-corrected chi connectivity index (χ1v) is 12.0. The molecule has 7 nitrogen and oxygen atoms in total. The van der Waals surface area contributed by atoms with Gasteiger partial charge in [-0.25, -0.2) is 9.59 Å². The van der Waals surface area contributed by atoms with Crippen molar-refractivity contribution >= 4 is 18.0 Å². The molecule has 1 saturated carbocycles. The molecule has 2 aliphatic rings. The molecule has 2 aromatic rings. The number of benzene rings is 2. The zero-order valence-corrected chi connectivity index (χ0v) is 19.7. The van der Waals surface area contributed by atoms with Crippen molar-refractivity contribution < 1.29 is 24.2 Å². The Hall–Kier alpha value is -3.35. The third-order valence-electron chi connectivity index (χ3n) is 7.05. The average Bonchev–Trinajstić information content (AvgIpc) is 3.15. The summed E-state index contributed by atoms with van der Waals surface area (Å²) >= 11 is 0. The highest BCUT2D eigenvalue weighted by molar-refractivity contribution is 5.93. The van der Waals surface area contributed by atoms with Gasteiger partial charge in [0.15, 0.2) is 0 Å². The monoisotopic (exact) mass is 464 g/mol. The number of amides is 2. The van der Waals surface area contributed by atoms with E-state index in [9.17, 15) is 19.5 Å². The zero-order valence-electron chi connectivity index (χ0n) is 19.7. The lowest BCUT2D eigenvalue weighted by molar-refractivity contribution is -0.144. The number of rotatable bonds is 7. The molecule has 3 N–H and O–H groups in total. The number of hydrogen-bond acceptors (Lipinski definition) is 4. The molecule has 1 fully saturated rings. The summed E-state index contributed by atoms with van der Waals surface area (Å²) in [5, 5.41) is 15.0. The number of carbonyl (C=O) groups excluding carboxylic acids is 2. The number of alkyl carbamates (subject to hydrolysis) is 1. The van der Waals surface area contributed by atoms with Gasteiger partial charge in [-0.15, -0.1) is 0 Å². The molecule has 0 aliphatic heterocycles. The Labute approximate surface area is 199 Å². The van der Waals surface area contributed by atoms with Crippen LogP contribution in [0.5, 0.6) is 0 Å². The maximum Gasteiger partial charge on any atom is 0.408 e. The van der Waals surface area contributed by atoms with E-state index in [-0.39, 0.29) is 18.4 Å². The van der Waals surface area contributed by atoms with Gasteiger partial charge in [0, 0.05) is 5.92 Å². The van der Waals surface area contributed by atoms with Crippen LogP contribution in [0.4, 0.5) is 4.79 Å². The second-order valence-electron chi connectivity index (χ2n) is 9.63. The van der Waals surface area contributed by atoms with E-state index < -0.39 is 29.6 Å². The molecule has 2 aromatic carbocycles. The Morgan fingerprint density at radius 2 is 1.53 bits per heavy atom. The molecule has 0 saturated heterocycles. The third kappa shape index (κ3) is 4.65. The largest absolute Gasteiger partial charge is 0.480 e. The van der Waals surface area contributed by atoms with E-state index in [2.05, 4.69) is 34.9 Å². The topological polar surface area (TPSA) is 105 Å². The van der Waals surface area contributed by atoms with Crippen LogP contribution in [0, 0.1) is 5.92 Å². The maximum atomic E-state index is 13.2. The van der Waals surface area contributed by atoms with Crippen molar-refractivity contribution in [1.82, 2.24) is 10.6 Å². The summed E-state index contributed by atoms with van der Waals surface area (Å²) in [5.74, 6) is -1.90. The van der Waals surface area contributed by atoms with Crippen LogP contribution in [0.15, 0.2) is 48.5 Å². The van der Waals surface area contributed by atoms with Gasteiger partial charge in [-0.3, -0.25) is 4.79 Å². The van der Waals surface area contributed by atoms with E-state index in [0.29, 0.717) is 12.8 Å². The Morgan fingerprint density at radius 1 is 0.971 bits per heavy atom. The van der Waals surface area contributed by atoms with Gasteiger partial charge in [-0.2, -0.15) is 0 Å². The number of carbonyl (C=O) groups is 3. The summed E-state index contributed by atoms with van der Waals surface area (Å²) in [7, 11) is 0. The van der Waals surface area contributed by atoms with E-state index >= 15 is 0 Å². The van der Waals surface area contributed by atoms with Gasteiger partial charge in [0.2, 0.25) is 5.91 Å². The Morgan fingerprint density at radius 3 is 2.06 bits per heavy atom. The molecule has 1 atom stereocenters. The highest BCUT2D eigenvalue weighted by Gasteiger charge is 2.43. The fourth-order valence-corrected chi connectivity index (χ4v) is 5.19. The molecule has 0 heterocycles. The van der Waals surface area contributed by atoms with Gasteiger partial charge in [-0.1, -0.05) is 81.6 Å². The van der Waals surface area contributed by atoms with E-state index in [0.717, 1.165) is 41.5 Å². The fourth-order valence-electron chi connectivity index (χ4n) is 5.19. The molecule has 0 spiro atoms. The predicted molar refractivity (Wildman–Crippen MR) is 128 cm³/mol. The minimum absolute atomic E-state index is 0.0772. The van der Waals surface area contributed by atoms with Crippen LogP contribution in [0.2, 0.25) is 0 Å². The molecule has 34 heavy (non-hydrogen) atoms. The summed E-state index contributed by atoms with van der Waals surface area (Å²) in [4.78, 5) is 37.8. The Kier molecular flexibility index (Phi) is 6.91. The highest BCUT2D eigenvalue weighted by Crippen LogP contribution is 2.44. The molecule has 0 aromatic heterocycles. The highest BCUT2D eigenvalue weighted by atomic mass is 16.5. The van der Waals surface area contributed by atoms with Crippen LogP contribution < -0.4 is 10.6 Å². The van der Waals surface area contributed by atoms with Gasteiger partial charge in [-0.05, 0) is 41.0 Å². The first-order valence-electron chi connectivity index (χ1n) is 12.0. The minimum Gasteiger partial charge on any atom is -0.480 e. The van der Waals surface area contributed by atoms with Crippen LogP contribution in [-0.4, -0.2) is 41.3 Å². The number of carboxylic acids is 1. The molecule has 2 amide bonds. The Balaban J connectivity index is 1.47. The van der Waals surface area contributed by atoms with E-state index in [1.807, 2.05) is 24.3 Å². The van der Waals surface area contributed by atoms with Crippen molar-refractivity contribution in [2.75, 3.05) is 6.61 Å². The summed E-state index contributed by atoms with van der Waals surface area (Å²) in [6, 6.07) is 15.2. The normalized spacial score (nSPS) is 17.4. The molecule has 0 bridgehead atoms. The lowest BCUT2D eigenvalue weighted by Crippen LogP contribution is -2.62. The maximum absolute atomic E-state index is 13.2. The number of nitrogens with one attached hydrogen (secondary N) is 2. The van der Waals surface area contributed by atoms with Crippen molar-refractivity contribution in [1.29, 1.82) is 0 Å². The molecule has 0 radical (unpaired) electrons. The molecule has 4 rings (SSSR count). The smallest absolute Gasteiger partial charge is 0.408 e. The SMILES string of the molecule is CC(C)[C@@H](NC(=O)C1(NC(=O)OCC2c3ccccc3-c3ccccc32)CCCCC1)C(=O)O. The van der Waals surface area contributed by atoms with Crippen molar-refractivity contribution in [3.63, 3.8) is 0 Å². The lowest BCUT2D eigenvalue weighted by atomic mass is 9.80. The molecular formula is C27H32N2O5. The number of hydrogen-bond donors (Lipinski definition) is 3. The van der Waals surface area contributed by atoms with Crippen molar-refractivity contribution in [3.05, 3.63) is 59.7 Å². The molecule has 7 heteroatoms. The standard InChI is InChI=1S/C27H32N2O5/c1-17(2)23(24(30)31)28-25(32)27(14-8-3-9-15-27)29-26(33)34-16-22-20-12-6-4-10-18(20)19-11-5-7-13-21(19)22/h4-7,10-13,17,22-23H,3,8-9,14-16H2,1-2H3,(H,28,32)(H,29,33)(H,30,31)/t23-/m1/s1. The minimum atomic E-state index is -1.16. The predicted octanol–water partition coefficient (Wildman–Crippen LogP) is 4.45. The van der Waals surface area contributed by atoms with Crippen molar-refractivity contribution in [3.8, 4) is 11.1 Å². The van der Waals surface area contributed by atoms with Crippen molar-refractivity contribution in [2.24, 2.45) is 5.92 Å². The number of ether oxygens (including phenoxy) is 1. The quantitative estimate of drug-likeness (QED) is 0.561. The third-order valence-corrected chi connectivity index (χ3v) is 7.05. The van der Waals surface area contributed by atoms with Gasteiger partial charge in [0.05, 0.1) is 0 Å². The fraction of sp³-hybridized carbons (Fsp3) is 0.444. The molecule has 0 unspecified atom stereocenters. The van der Waals surface area contributed by atoms with E-state index in [4.69, 9.17) is 4.74 Å². The van der Waals surface area contributed by atoms with Crippen LogP contribution >= 0.6 is 0 Å². The Bertz CT molecular complexity index is 1030. The van der Waals surface area contributed by atoms with E-state index in [1.165, 1.54) is 0 Å². The summed E-state index contributed by atoms with van der Waals surface area (Å²) in [6.07, 6.45) is 2.76. The van der Waals surface area contributed by atoms with Crippen LogP contribution in [0.3, 0.4) is 0 Å². The van der Waals surface area contributed by atoms with Gasteiger partial charge < -0.3 is 20.5 Å². The molecule has 2 aliphatic carbocycles. The molecule has 180 valence electrons. The summed E-state index contributed by atoms with van der Waals surface area (Å²) < 4.78 is 5.67. The van der Waals surface area contributed by atoms with Crippen LogP contribution in [-0.2, 0) is 14.3 Å². The first kappa shape index (κ1) is 23.8. The summed E-state index contributed by atoms with van der Waals surface area (Å²) in [5.41, 5.74) is 3.35. The number of carboxylic acid groups (broad SMARTS) is 1. The van der Waals surface area contributed by atoms with Crippen LogP contribution in [0.25, 0.3) is 11.1 Å². The second-order valence-corrected chi connectivity index (χ2v) is 9.63. The number of fused-ring (bicyclic) bond motifs is 3.